The maximum absolute atomic E-state index is 11.4. The zero-order valence-corrected chi connectivity index (χ0v) is 10.8. The number of amides is 1. The Bertz CT molecular complexity index is 240. The maximum atomic E-state index is 11.4. The Hall–Kier alpha value is -0.610. The van der Waals surface area contributed by atoms with Crippen LogP contribution in [-0.4, -0.2) is 42.5 Å². The first kappa shape index (κ1) is 13.5. The van der Waals surface area contributed by atoms with Gasteiger partial charge in [-0.1, -0.05) is 13.3 Å². The lowest BCUT2D eigenvalue weighted by Gasteiger charge is -2.37. The Labute approximate surface area is 98.6 Å². The maximum Gasteiger partial charge on any atom is 0.237 e. The van der Waals surface area contributed by atoms with Crippen LogP contribution in [0.2, 0.25) is 0 Å². The molecule has 1 amide bonds. The Morgan fingerprint density at radius 2 is 2.19 bits per heavy atom. The Morgan fingerprint density at radius 3 is 2.56 bits per heavy atom. The molecule has 4 nitrogen and oxygen atoms in total. The number of nitrogens with one attached hydrogen (secondary N) is 1. The van der Waals surface area contributed by atoms with Crippen molar-refractivity contribution in [2.75, 3.05) is 20.1 Å². The van der Waals surface area contributed by atoms with Crippen molar-refractivity contribution in [3.05, 3.63) is 0 Å². The van der Waals surface area contributed by atoms with Crippen LogP contribution in [0.5, 0.6) is 0 Å². The molecule has 0 saturated heterocycles. The third-order valence-corrected chi connectivity index (χ3v) is 3.77. The highest BCUT2D eigenvalue weighted by atomic mass is 16.1. The van der Waals surface area contributed by atoms with Crippen molar-refractivity contribution >= 4 is 5.91 Å². The SMILES string of the molecule is CCNC(C)(CCN(C)C1CCC1)C(N)=O. The first-order valence-corrected chi connectivity index (χ1v) is 6.25. The van der Waals surface area contributed by atoms with Crippen molar-refractivity contribution in [3.8, 4) is 0 Å². The molecular weight excluding hydrogens is 202 g/mol. The minimum absolute atomic E-state index is 0.253. The molecule has 1 unspecified atom stereocenters. The van der Waals surface area contributed by atoms with E-state index < -0.39 is 5.54 Å². The quantitative estimate of drug-likeness (QED) is 0.673. The molecule has 4 heteroatoms. The standard InChI is InChI=1S/C12H25N3O/c1-4-14-12(2,11(13)16)8-9-15(3)10-6-5-7-10/h10,14H,4-9H2,1-3H3,(H2,13,16). The van der Waals surface area contributed by atoms with Crippen LogP contribution in [0, 0.1) is 0 Å². The van der Waals surface area contributed by atoms with Crippen molar-refractivity contribution in [1.82, 2.24) is 10.2 Å². The topological polar surface area (TPSA) is 58.4 Å². The molecule has 94 valence electrons. The molecular formula is C12H25N3O. The zero-order valence-electron chi connectivity index (χ0n) is 10.8. The molecule has 1 aliphatic carbocycles. The highest BCUT2D eigenvalue weighted by Crippen LogP contribution is 2.24. The van der Waals surface area contributed by atoms with E-state index in [1.807, 2.05) is 13.8 Å². The van der Waals surface area contributed by atoms with Gasteiger partial charge >= 0.3 is 0 Å². The number of hydrogen-bond donors (Lipinski definition) is 2. The van der Waals surface area contributed by atoms with E-state index in [0.29, 0.717) is 0 Å². The minimum Gasteiger partial charge on any atom is -0.368 e. The second-order valence-electron chi connectivity index (χ2n) is 5.04. The number of carbonyl (C=O) groups is 1. The second-order valence-corrected chi connectivity index (χ2v) is 5.04. The third-order valence-electron chi connectivity index (χ3n) is 3.77. The van der Waals surface area contributed by atoms with Crippen LogP contribution in [0.4, 0.5) is 0 Å². The van der Waals surface area contributed by atoms with Gasteiger partial charge in [-0.25, -0.2) is 0 Å². The van der Waals surface area contributed by atoms with Crippen LogP contribution in [-0.2, 0) is 4.79 Å². The number of hydrogen-bond acceptors (Lipinski definition) is 3. The summed E-state index contributed by atoms with van der Waals surface area (Å²) in [7, 11) is 2.14. The lowest BCUT2D eigenvalue weighted by atomic mass is 9.90. The van der Waals surface area contributed by atoms with Crippen LogP contribution >= 0.6 is 0 Å². The fourth-order valence-electron chi connectivity index (χ4n) is 2.10. The summed E-state index contributed by atoms with van der Waals surface area (Å²) < 4.78 is 0. The van der Waals surface area contributed by atoms with E-state index in [1.165, 1.54) is 19.3 Å². The molecule has 0 aromatic heterocycles. The van der Waals surface area contributed by atoms with Gasteiger partial charge < -0.3 is 16.0 Å². The lowest BCUT2D eigenvalue weighted by Crippen LogP contribution is -2.55. The summed E-state index contributed by atoms with van der Waals surface area (Å²) in [5, 5.41) is 3.19. The first-order valence-electron chi connectivity index (χ1n) is 6.25. The molecule has 0 bridgehead atoms. The summed E-state index contributed by atoms with van der Waals surface area (Å²) in [6, 6.07) is 0.721. The second kappa shape index (κ2) is 5.64. The summed E-state index contributed by atoms with van der Waals surface area (Å²) in [5.41, 5.74) is 4.88. The molecule has 16 heavy (non-hydrogen) atoms. The van der Waals surface area contributed by atoms with Gasteiger partial charge in [0, 0.05) is 12.6 Å². The zero-order chi connectivity index (χ0) is 12.2. The highest BCUT2D eigenvalue weighted by molar-refractivity contribution is 5.84. The van der Waals surface area contributed by atoms with Gasteiger partial charge in [-0.05, 0) is 39.8 Å². The van der Waals surface area contributed by atoms with Crippen molar-refractivity contribution < 1.29 is 4.79 Å². The van der Waals surface area contributed by atoms with Gasteiger partial charge in [-0.3, -0.25) is 4.79 Å². The summed E-state index contributed by atoms with van der Waals surface area (Å²) in [6.07, 6.45) is 4.72. The fraction of sp³-hybridized carbons (Fsp3) is 0.917. The van der Waals surface area contributed by atoms with Crippen molar-refractivity contribution in [3.63, 3.8) is 0 Å². The van der Waals surface area contributed by atoms with E-state index in [0.717, 1.165) is 25.6 Å². The Kier molecular flexibility index (Phi) is 4.74. The lowest BCUT2D eigenvalue weighted by molar-refractivity contribution is -0.124. The minimum atomic E-state index is -0.563. The molecule has 0 aromatic carbocycles. The van der Waals surface area contributed by atoms with Gasteiger partial charge in [-0.2, -0.15) is 0 Å². The van der Waals surface area contributed by atoms with Gasteiger partial charge in [-0.15, -0.1) is 0 Å². The van der Waals surface area contributed by atoms with Gasteiger partial charge in [0.25, 0.3) is 0 Å². The van der Waals surface area contributed by atoms with Crippen LogP contribution in [0.15, 0.2) is 0 Å². The molecule has 1 saturated carbocycles. The van der Waals surface area contributed by atoms with E-state index in [4.69, 9.17) is 5.73 Å². The highest BCUT2D eigenvalue weighted by Gasteiger charge is 2.31. The molecule has 1 aliphatic rings. The number of primary amides is 1. The predicted molar refractivity (Wildman–Crippen MR) is 66.2 cm³/mol. The predicted octanol–water partition coefficient (Wildman–Crippen LogP) is 0.714. The monoisotopic (exact) mass is 227 g/mol. The number of carbonyl (C=O) groups excluding carboxylic acids is 1. The number of rotatable bonds is 7. The first-order chi connectivity index (χ1) is 7.49. The van der Waals surface area contributed by atoms with Gasteiger partial charge in [0.05, 0.1) is 5.54 Å². The van der Waals surface area contributed by atoms with Crippen LogP contribution in [0.1, 0.15) is 39.5 Å². The molecule has 0 aromatic rings. The molecule has 3 N–H and O–H groups in total. The van der Waals surface area contributed by atoms with E-state index in [-0.39, 0.29) is 5.91 Å². The van der Waals surface area contributed by atoms with Crippen molar-refractivity contribution in [2.24, 2.45) is 5.73 Å². The van der Waals surface area contributed by atoms with Crippen molar-refractivity contribution in [2.45, 2.75) is 51.1 Å². The Morgan fingerprint density at radius 1 is 1.56 bits per heavy atom. The van der Waals surface area contributed by atoms with Gasteiger partial charge in [0.15, 0.2) is 0 Å². The number of nitrogens with two attached hydrogens (primary N) is 1. The normalized spacial score (nSPS) is 20.5. The third kappa shape index (κ3) is 3.19. The van der Waals surface area contributed by atoms with Crippen LogP contribution in [0.25, 0.3) is 0 Å². The molecule has 0 aliphatic heterocycles. The average Bonchev–Trinajstić information content (AvgIpc) is 2.12. The van der Waals surface area contributed by atoms with E-state index in [2.05, 4.69) is 17.3 Å². The molecule has 0 radical (unpaired) electrons. The molecule has 0 heterocycles. The fourth-order valence-corrected chi connectivity index (χ4v) is 2.10. The van der Waals surface area contributed by atoms with E-state index in [9.17, 15) is 4.79 Å². The molecule has 1 atom stereocenters. The van der Waals surface area contributed by atoms with Gasteiger partial charge in [0.2, 0.25) is 5.91 Å². The molecule has 0 spiro atoms. The van der Waals surface area contributed by atoms with Gasteiger partial charge in [0.1, 0.15) is 0 Å². The van der Waals surface area contributed by atoms with E-state index in [1.54, 1.807) is 0 Å². The smallest absolute Gasteiger partial charge is 0.237 e. The summed E-state index contributed by atoms with van der Waals surface area (Å²) in [4.78, 5) is 13.8. The van der Waals surface area contributed by atoms with Crippen molar-refractivity contribution in [1.29, 1.82) is 0 Å². The average molecular weight is 227 g/mol. The largest absolute Gasteiger partial charge is 0.368 e. The summed E-state index contributed by atoms with van der Waals surface area (Å²) in [5.74, 6) is -0.253. The number of nitrogens with zero attached hydrogens (tertiary/aromatic N) is 1. The van der Waals surface area contributed by atoms with E-state index >= 15 is 0 Å². The number of likely N-dealkylation sites (N-methyl/N-ethyl adjacent to an activating group) is 1. The Balaban J connectivity index is 2.39. The molecule has 1 rings (SSSR count). The molecule has 1 fully saturated rings. The van der Waals surface area contributed by atoms with Crippen LogP contribution in [0.3, 0.4) is 0 Å². The summed E-state index contributed by atoms with van der Waals surface area (Å²) >= 11 is 0. The summed E-state index contributed by atoms with van der Waals surface area (Å²) in [6.45, 7) is 5.59. The van der Waals surface area contributed by atoms with Crippen LogP contribution < -0.4 is 11.1 Å².